The molecule has 140 valence electrons. The van der Waals surface area contributed by atoms with Crippen molar-refractivity contribution in [2.75, 3.05) is 11.9 Å². The standard InChI is InChI=1S/C19H21N5O3/c1-13-20-18(23-22-13)16-8-4-10-24(16)19(25)21-15-7-2-3-9-17(15)27-12-14-6-5-11-26-14/h2-3,5-7,9,11,16H,4,8,10,12H2,1H3,(H,21,25)(H,20,22,23)/t16-/m0/s1. The quantitative estimate of drug-likeness (QED) is 0.717. The Morgan fingerprint density at radius 1 is 1.37 bits per heavy atom. The number of hydrogen-bond donors (Lipinski definition) is 2. The van der Waals surface area contributed by atoms with Gasteiger partial charge in [-0.1, -0.05) is 12.1 Å². The molecular formula is C19H21N5O3. The molecule has 3 aromatic rings. The van der Waals surface area contributed by atoms with Crippen molar-refractivity contribution in [1.82, 2.24) is 20.1 Å². The summed E-state index contributed by atoms with van der Waals surface area (Å²) in [5.41, 5.74) is 0.617. The molecule has 1 atom stereocenters. The lowest BCUT2D eigenvalue weighted by atomic mass is 10.2. The minimum Gasteiger partial charge on any atom is -0.483 e. The summed E-state index contributed by atoms with van der Waals surface area (Å²) in [5, 5.41) is 10.0. The van der Waals surface area contributed by atoms with Crippen LogP contribution in [0.1, 0.15) is 36.3 Å². The largest absolute Gasteiger partial charge is 0.483 e. The summed E-state index contributed by atoms with van der Waals surface area (Å²) in [7, 11) is 0. The summed E-state index contributed by atoms with van der Waals surface area (Å²) < 4.78 is 11.1. The molecule has 1 aromatic carbocycles. The number of benzene rings is 1. The van der Waals surface area contributed by atoms with E-state index in [-0.39, 0.29) is 12.1 Å². The molecule has 1 aliphatic heterocycles. The van der Waals surface area contributed by atoms with Gasteiger partial charge >= 0.3 is 6.03 Å². The molecule has 0 spiro atoms. The number of amides is 2. The first-order chi connectivity index (χ1) is 13.2. The minimum absolute atomic E-state index is 0.119. The Morgan fingerprint density at radius 2 is 2.26 bits per heavy atom. The van der Waals surface area contributed by atoms with Gasteiger partial charge in [0.1, 0.15) is 23.9 Å². The van der Waals surface area contributed by atoms with E-state index >= 15 is 0 Å². The first-order valence-electron chi connectivity index (χ1n) is 8.91. The minimum atomic E-state index is -0.186. The molecule has 4 rings (SSSR count). The summed E-state index contributed by atoms with van der Waals surface area (Å²) in [6.07, 6.45) is 3.37. The van der Waals surface area contributed by atoms with Crippen LogP contribution in [-0.2, 0) is 6.61 Å². The van der Waals surface area contributed by atoms with Crippen LogP contribution < -0.4 is 10.1 Å². The zero-order chi connectivity index (χ0) is 18.6. The Morgan fingerprint density at radius 3 is 3.04 bits per heavy atom. The number of aromatic amines is 1. The van der Waals surface area contributed by atoms with E-state index in [2.05, 4.69) is 20.5 Å². The Balaban J connectivity index is 1.46. The predicted molar refractivity (Wildman–Crippen MR) is 98.3 cm³/mol. The van der Waals surface area contributed by atoms with E-state index in [9.17, 15) is 4.79 Å². The fourth-order valence-corrected chi connectivity index (χ4v) is 3.21. The average molecular weight is 367 g/mol. The molecule has 2 N–H and O–H groups in total. The second kappa shape index (κ2) is 7.53. The van der Waals surface area contributed by atoms with E-state index < -0.39 is 0 Å². The smallest absolute Gasteiger partial charge is 0.322 e. The van der Waals surface area contributed by atoms with Gasteiger partial charge in [0.2, 0.25) is 0 Å². The lowest BCUT2D eigenvalue weighted by Crippen LogP contribution is -2.35. The number of nitrogens with one attached hydrogen (secondary N) is 2. The SMILES string of the molecule is Cc1nc([C@@H]2CCCN2C(=O)Nc2ccccc2OCc2ccco2)n[nH]1. The van der Waals surface area contributed by atoms with E-state index in [1.165, 1.54) is 0 Å². The Bertz CT molecular complexity index is 906. The lowest BCUT2D eigenvalue weighted by Gasteiger charge is -2.23. The van der Waals surface area contributed by atoms with Crippen LogP contribution in [0.25, 0.3) is 0 Å². The second-order valence-corrected chi connectivity index (χ2v) is 6.42. The van der Waals surface area contributed by atoms with Crippen molar-refractivity contribution in [3.8, 4) is 5.75 Å². The number of ether oxygens (including phenoxy) is 1. The number of nitrogens with zero attached hydrogens (tertiary/aromatic N) is 3. The number of carbonyl (C=O) groups is 1. The molecule has 0 unspecified atom stereocenters. The third kappa shape index (κ3) is 3.79. The summed E-state index contributed by atoms with van der Waals surface area (Å²) >= 11 is 0. The van der Waals surface area contributed by atoms with Crippen molar-refractivity contribution in [2.24, 2.45) is 0 Å². The molecule has 0 saturated carbocycles. The summed E-state index contributed by atoms with van der Waals surface area (Å²) in [6.45, 7) is 2.81. The van der Waals surface area contributed by atoms with Crippen LogP contribution in [0.2, 0.25) is 0 Å². The van der Waals surface area contributed by atoms with Crippen LogP contribution in [0.5, 0.6) is 5.75 Å². The lowest BCUT2D eigenvalue weighted by molar-refractivity contribution is 0.204. The van der Waals surface area contributed by atoms with E-state index in [1.54, 1.807) is 11.2 Å². The second-order valence-electron chi connectivity index (χ2n) is 6.42. The van der Waals surface area contributed by atoms with Gasteiger partial charge in [-0.05, 0) is 44.0 Å². The van der Waals surface area contributed by atoms with Crippen LogP contribution in [0.3, 0.4) is 0 Å². The molecule has 0 bridgehead atoms. The van der Waals surface area contributed by atoms with Crippen LogP contribution >= 0.6 is 0 Å². The molecule has 1 aliphatic rings. The number of carbonyl (C=O) groups excluding carboxylic acids is 1. The molecular weight excluding hydrogens is 346 g/mol. The number of likely N-dealkylation sites (tertiary alicyclic amines) is 1. The number of aromatic nitrogens is 3. The molecule has 2 aromatic heterocycles. The molecule has 1 saturated heterocycles. The maximum Gasteiger partial charge on any atom is 0.322 e. The van der Waals surface area contributed by atoms with Crippen molar-refractivity contribution in [1.29, 1.82) is 0 Å². The van der Waals surface area contributed by atoms with Crippen molar-refractivity contribution in [3.05, 3.63) is 60.1 Å². The fraction of sp³-hybridized carbons (Fsp3) is 0.316. The normalized spacial score (nSPS) is 16.5. The van der Waals surface area contributed by atoms with Crippen LogP contribution in [-0.4, -0.2) is 32.7 Å². The molecule has 8 nitrogen and oxygen atoms in total. The molecule has 3 heterocycles. The monoisotopic (exact) mass is 367 g/mol. The molecule has 27 heavy (non-hydrogen) atoms. The zero-order valence-corrected chi connectivity index (χ0v) is 15.0. The summed E-state index contributed by atoms with van der Waals surface area (Å²) in [5.74, 6) is 2.71. The molecule has 2 amide bonds. The number of hydrogen-bond acceptors (Lipinski definition) is 5. The number of H-pyrrole nitrogens is 1. The number of aryl methyl sites for hydroxylation is 1. The van der Waals surface area contributed by atoms with Gasteiger partial charge in [0.15, 0.2) is 5.82 Å². The Labute approximate surface area is 156 Å². The average Bonchev–Trinajstić information content (AvgIpc) is 3.42. The van der Waals surface area contributed by atoms with Crippen LogP contribution in [0.15, 0.2) is 47.1 Å². The maximum absolute atomic E-state index is 12.9. The Hall–Kier alpha value is -3.29. The highest BCUT2D eigenvalue weighted by Gasteiger charge is 2.33. The van der Waals surface area contributed by atoms with Crippen molar-refractivity contribution in [3.63, 3.8) is 0 Å². The van der Waals surface area contributed by atoms with Gasteiger partial charge in [-0.25, -0.2) is 9.78 Å². The number of furan rings is 1. The van der Waals surface area contributed by atoms with Gasteiger partial charge in [0.05, 0.1) is 18.0 Å². The van der Waals surface area contributed by atoms with Gasteiger partial charge in [-0.3, -0.25) is 5.10 Å². The van der Waals surface area contributed by atoms with E-state index in [1.807, 2.05) is 43.3 Å². The summed E-state index contributed by atoms with van der Waals surface area (Å²) in [6, 6.07) is 10.7. The first-order valence-corrected chi connectivity index (χ1v) is 8.91. The summed E-state index contributed by atoms with van der Waals surface area (Å²) in [4.78, 5) is 19.0. The highest BCUT2D eigenvalue weighted by Crippen LogP contribution is 2.32. The fourth-order valence-electron chi connectivity index (χ4n) is 3.21. The highest BCUT2D eigenvalue weighted by atomic mass is 16.5. The van der Waals surface area contributed by atoms with Crippen molar-refractivity contribution in [2.45, 2.75) is 32.4 Å². The van der Waals surface area contributed by atoms with Gasteiger partial charge in [-0.15, -0.1) is 0 Å². The Kier molecular flexibility index (Phi) is 4.78. The van der Waals surface area contributed by atoms with Gasteiger partial charge in [-0.2, -0.15) is 5.10 Å². The number of anilines is 1. The first kappa shape index (κ1) is 17.1. The molecule has 8 heteroatoms. The highest BCUT2D eigenvalue weighted by molar-refractivity contribution is 5.91. The zero-order valence-electron chi connectivity index (χ0n) is 15.0. The molecule has 0 aliphatic carbocycles. The maximum atomic E-state index is 12.9. The van der Waals surface area contributed by atoms with E-state index in [4.69, 9.17) is 9.15 Å². The number of para-hydroxylation sites is 2. The number of rotatable bonds is 5. The third-order valence-corrected chi connectivity index (χ3v) is 4.50. The van der Waals surface area contributed by atoms with Gasteiger partial charge in [0, 0.05) is 6.54 Å². The van der Waals surface area contributed by atoms with Crippen molar-refractivity contribution >= 4 is 11.7 Å². The van der Waals surface area contributed by atoms with Crippen molar-refractivity contribution < 1.29 is 13.9 Å². The van der Waals surface area contributed by atoms with Crippen LogP contribution in [0.4, 0.5) is 10.5 Å². The predicted octanol–water partition coefficient (Wildman–Crippen LogP) is 3.65. The van der Waals surface area contributed by atoms with Crippen LogP contribution in [0, 0.1) is 6.92 Å². The molecule has 0 radical (unpaired) electrons. The number of urea groups is 1. The van der Waals surface area contributed by atoms with Gasteiger partial charge in [0.25, 0.3) is 0 Å². The topological polar surface area (TPSA) is 96.3 Å². The third-order valence-electron chi connectivity index (χ3n) is 4.50. The molecule has 1 fully saturated rings. The van der Waals surface area contributed by atoms with E-state index in [0.29, 0.717) is 30.4 Å². The van der Waals surface area contributed by atoms with E-state index in [0.717, 1.165) is 24.4 Å². The van der Waals surface area contributed by atoms with Gasteiger partial charge < -0.3 is 19.4 Å².